The van der Waals surface area contributed by atoms with E-state index in [0.717, 1.165) is 12.3 Å². The lowest BCUT2D eigenvalue weighted by Gasteiger charge is -2.35. The SMILES string of the molecule is COC(=O)c1cc([N+](=O)[O-])c(N2CCSC(C(C)C)C2)cc1Cl. The number of thioether (sulfide) groups is 1. The van der Waals surface area contributed by atoms with Crippen LogP contribution in [-0.4, -0.2) is 42.1 Å². The lowest BCUT2D eigenvalue weighted by molar-refractivity contribution is -0.384. The second kappa shape index (κ2) is 7.40. The fraction of sp³-hybridized carbons (Fsp3) is 0.533. The molecule has 0 aromatic heterocycles. The van der Waals surface area contributed by atoms with Crippen molar-refractivity contribution in [3.63, 3.8) is 0 Å². The number of nitro groups is 1. The Hall–Kier alpha value is -1.47. The van der Waals surface area contributed by atoms with Crippen molar-refractivity contribution >= 4 is 40.7 Å². The minimum Gasteiger partial charge on any atom is -0.465 e. The summed E-state index contributed by atoms with van der Waals surface area (Å²) in [5.74, 6) is 0.696. The van der Waals surface area contributed by atoms with Crippen LogP contribution in [0.1, 0.15) is 24.2 Å². The zero-order valence-electron chi connectivity index (χ0n) is 13.2. The van der Waals surface area contributed by atoms with Crippen molar-refractivity contribution < 1.29 is 14.5 Å². The number of anilines is 1. The van der Waals surface area contributed by atoms with Gasteiger partial charge in [-0.15, -0.1) is 0 Å². The Morgan fingerprint density at radius 1 is 1.52 bits per heavy atom. The molecule has 23 heavy (non-hydrogen) atoms. The fourth-order valence-corrected chi connectivity index (χ4v) is 4.05. The molecule has 1 unspecified atom stereocenters. The molecule has 126 valence electrons. The van der Waals surface area contributed by atoms with Crippen LogP contribution < -0.4 is 4.90 Å². The van der Waals surface area contributed by atoms with E-state index in [9.17, 15) is 14.9 Å². The summed E-state index contributed by atoms with van der Waals surface area (Å²) >= 11 is 8.02. The van der Waals surface area contributed by atoms with Gasteiger partial charge in [-0.25, -0.2) is 4.79 Å². The molecule has 8 heteroatoms. The molecule has 0 bridgehead atoms. The van der Waals surface area contributed by atoms with E-state index in [-0.39, 0.29) is 16.3 Å². The minimum absolute atomic E-state index is 0.0106. The van der Waals surface area contributed by atoms with Crippen LogP contribution in [0.25, 0.3) is 0 Å². The third kappa shape index (κ3) is 3.90. The quantitative estimate of drug-likeness (QED) is 0.465. The average molecular weight is 359 g/mol. The second-order valence-electron chi connectivity index (χ2n) is 5.67. The Bertz CT molecular complexity index is 624. The first-order valence-corrected chi connectivity index (χ1v) is 8.70. The molecule has 0 spiro atoms. The van der Waals surface area contributed by atoms with Crippen LogP contribution in [0.2, 0.25) is 5.02 Å². The molecule has 0 N–H and O–H groups in total. The number of benzene rings is 1. The highest BCUT2D eigenvalue weighted by Crippen LogP contribution is 2.37. The molecular weight excluding hydrogens is 340 g/mol. The number of halogens is 1. The van der Waals surface area contributed by atoms with Gasteiger partial charge in [0, 0.05) is 30.2 Å². The highest BCUT2D eigenvalue weighted by Gasteiger charge is 2.29. The van der Waals surface area contributed by atoms with E-state index in [0.29, 0.717) is 23.4 Å². The number of hydrogen-bond donors (Lipinski definition) is 0. The Kier molecular flexibility index (Phi) is 5.75. The number of carbonyl (C=O) groups is 1. The predicted molar refractivity (Wildman–Crippen MR) is 92.7 cm³/mol. The van der Waals surface area contributed by atoms with E-state index >= 15 is 0 Å². The molecule has 0 radical (unpaired) electrons. The zero-order chi connectivity index (χ0) is 17.1. The number of nitro benzene ring substituents is 1. The third-order valence-electron chi connectivity index (χ3n) is 3.84. The van der Waals surface area contributed by atoms with Crippen molar-refractivity contribution in [2.45, 2.75) is 19.1 Å². The first-order valence-electron chi connectivity index (χ1n) is 7.28. The summed E-state index contributed by atoms with van der Waals surface area (Å²) in [6.07, 6.45) is 0. The van der Waals surface area contributed by atoms with Gasteiger partial charge in [0.25, 0.3) is 5.69 Å². The molecule has 6 nitrogen and oxygen atoms in total. The Labute approximate surface area is 144 Å². The van der Waals surface area contributed by atoms with Gasteiger partial charge in [0.2, 0.25) is 0 Å². The molecule has 1 aromatic carbocycles. The largest absolute Gasteiger partial charge is 0.465 e. The topological polar surface area (TPSA) is 72.7 Å². The lowest BCUT2D eigenvalue weighted by atomic mass is 10.1. The highest BCUT2D eigenvalue weighted by atomic mass is 35.5. The first kappa shape index (κ1) is 17.9. The summed E-state index contributed by atoms with van der Waals surface area (Å²) in [6, 6.07) is 2.70. The van der Waals surface area contributed by atoms with Gasteiger partial charge in [-0.1, -0.05) is 25.4 Å². The molecule has 0 aliphatic carbocycles. The smallest absolute Gasteiger partial charge is 0.339 e. The summed E-state index contributed by atoms with van der Waals surface area (Å²) < 4.78 is 4.62. The van der Waals surface area contributed by atoms with E-state index in [2.05, 4.69) is 18.6 Å². The van der Waals surface area contributed by atoms with Crippen LogP contribution >= 0.6 is 23.4 Å². The van der Waals surface area contributed by atoms with Gasteiger partial charge in [0.15, 0.2) is 0 Å². The normalized spacial score (nSPS) is 18.1. The number of methoxy groups -OCH3 is 1. The fourth-order valence-electron chi connectivity index (χ4n) is 2.51. The average Bonchev–Trinajstić information content (AvgIpc) is 2.53. The predicted octanol–water partition coefficient (Wildman–Crippen LogP) is 3.61. The van der Waals surface area contributed by atoms with Crippen LogP contribution in [0.15, 0.2) is 12.1 Å². The molecule has 2 rings (SSSR count). The van der Waals surface area contributed by atoms with Crippen LogP contribution in [0.5, 0.6) is 0 Å². The summed E-state index contributed by atoms with van der Waals surface area (Å²) in [4.78, 5) is 24.6. The van der Waals surface area contributed by atoms with Crippen LogP contribution in [0, 0.1) is 16.0 Å². The molecule has 1 saturated heterocycles. The van der Waals surface area contributed by atoms with Crippen molar-refractivity contribution in [2.75, 3.05) is 30.9 Å². The Balaban J connectivity index is 2.43. The number of carbonyl (C=O) groups excluding carboxylic acids is 1. The second-order valence-corrected chi connectivity index (χ2v) is 7.42. The monoisotopic (exact) mass is 358 g/mol. The number of ether oxygens (including phenoxy) is 1. The molecule has 1 fully saturated rings. The number of rotatable bonds is 4. The Morgan fingerprint density at radius 2 is 2.22 bits per heavy atom. The van der Waals surface area contributed by atoms with Gasteiger partial charge in [0.1, 0.15) is 5.69 Å². The van der Waals surface area contributed by atoms with Gasteiger partial charge in [-0.2, -0.15) is 11.8 Å². The van der Waals surface area contributed by atoms with Gasteiger partial charge in [-0.05, 0) is 12.0 Å². The third-order valence-corrected chi connectivity index (χ3v) is 5.70. The maximum atomic E-state index is 11.7. The number of esters is 1. The maximum Gasteiger partial charge on any atom is 0.339 e. The molecule has 1 atom stereocenters. The standard InChI is InChI=1S/C15H19ClN2O4S/c1-9(2)14-8-17(4-5-23-14)12-7-11(16)10(15(19)22-3)6-13(12)18(20)21/h6-7,9,14H,4-5,8H2,1-3H3. The zero-order valence-corrected chi connectivity index (χ0v) is 14.8. The molecule has 1 aliphatic rings. The summed E-state index contributed by atoms with van der Waals surface area (Å²) in [6.45, 7) is 5.71. The molecule has 1 heterocycles. The van der Waals surface area contributed by atoms with Crippen molar-refractivity contribution in [3.05, 3.63) is 32.8 Å². The number of hydrogen-bond acceptors (Lipinski definition) is 6. The Morgan fingerprint density at radius 3 is 2.78 bits per heavy atom. The summed E-state index contributed by atoms with van der Waals surface area (Å²) in [5.41, 5.74) is 0.346. The van der Waals surface area contributed by atoms with E-state index in [1.54, 1.807) is 0 Å². The van der Waals surface area contributed by atoms with Crippen molar-refractivity contribution in [2.24, 2.45) is 5.92 Å². The molecule has 0 saturated carbocycles. The molecule has 0 amide bonds. The van der Waals surface area contributed by atoms with Gasteiger partial charge in [0.05, 0.1) is 22.6 Å². The van der Waals surface area contributed by atoms with E-state index < -0.39 is 10.9 Å². The summed E-state index contributed by atoms with van der Waals surface area (Å²) in [7, 11) is 1.22. The van der Waals surface area contributed by atoms with E-state index in [1.165, 1.54) is 19.2 Å². The lowest BCUT2D eigenvalue weighted by Crippen LogP contribution is -2.40. The molecule has 1 aromatic rings. The molecular formula is C15H19ClN2O4S. The van der Waals surface area contributed by atoms with Crippen LogP contribution in [0.4, 0.5) is 11.4 Å². The maximum absolute atomic E-state index is 11.7. The van der Waals surface area contributed by atoms with Crippen LogP contribution in [0.3, 0.4) is 0 Å². The van der Waals surface area contributed by atoms with Gasteiger partial charge in [-0.3, -0.25) is 10.1 Å². The van der Waals surface area contributed by atoms with E-state index in [1.807, 2.05) is 16.7 Å². The minimum atomic E-state index is -0.682. The first-order chi connectivity index (χ1) is 10.8. The number of nitrogens with zero attached hydrogens (tertiary/aromatic N) is 2. The van der Waals surface area contributed by atoms with Crippen LogP contribution in [-0.2, 0) is 4.74 Å². The van der Waals surface area contributed by atoms with Crippen molar-refractivity contribution in [3.8, 4) is 0 Å². The van der Waals surface area contributed by atoms with Crippen molar-refractivity contribution in [1.29, 1.82) is 0 Å². The van der Waals surface area contributed by atoms with Crippen molar-refractivity contribution in [1.82, 2.24) is 0 Å². The molecule has 1 aliphatic heterocycles. The highest BCUT2D eigenvalue weighted by molar-refractivity contribution is 8.00. The van der Waals surface area contributed by atoms with Gasteiger partial charge < -0.3 is 9.64 Å². The van der Waals surface area contributed by atoms with Gasteiger partial charge >= 0.3 is 5.97 Å². The summed E-state index contributed by atoms with van der Waals surface area (Å²) in [5, 5.41) is 12.0. The van der Waals surface area contributed by atoms with E-state index in [4.69, 9.17) is 11.6 Å².